The molecule has 0 saturated carbocycles. The van der Waals surface area contributed by atoms with Crippen LogP contribution >= 0.6 is 0 Å². The Morgan fingerprint density at radius 1 is 1.25 bits per heavy atom. The van der Waals surface area contributed by atoms with Crippen LogP contribution in [0.5, 0.6) is 0 Å². The van der Waals surface area contributed by atoms with E-state index in [4.69, 9.17) is 0 Å². The summed E-state index contributed by atoms with van der Waals surface area (Å²) in [5, 5.41) is 0. The third kappa shape index (κ3) is 4.09. The van der Waals surface area contributed by atoms with Gasteiger partial charge in [-0.15, -0.1) is 0 Å². The number of rotatable bonds is 6. The van der Waals surface area contributed by atoms with E-state index in [9.17, 15) is 13.2 Å². The molecule has 1 aromatic carbocycles. The number of sulfonamides is 1. The maximum Gasteiger partial charge on any atom is 0.234 e. The highest BCUT2D eigenvalue weighted by atomic mass is 32.2. The predicted molar refractivity (Wildman–Crippen MR) is 81.5 cm³/mol. The Kier molecular flexibility index (Phi) is 5.33. The molecule has 0 saturated heterocycles. The van der Waals surface area contributed by atoms with Gasteiger partial charge < -0.3 is 4.90 Å². The van der Waals surface area contributed by atoms with Crippen LogP contribution in [0.15, 0.2) is 36.5 Å². The first-order chi connectivity index (χ1) is 9.27. The molecule has 0 unspecified atom stereocenters. The van der Waals surface area contributed by atoms with Crippen molar-refractivity contribution >= 4 is 21.5 Å². The molecular formula is C14H20N2O3S. The summed E-state index contributed by atoms with van der Waals surface area (Å²) in [6.07, 6.45) is 3.11. The topological polar surface area (TPSA) is 57.7 Å². The molecule has 1 aromatic rings. The molecule has 0 aliphatic rings. The van der Waals surface area contributed by atoms with Gasteiger partial charge in [0.25, 0.3) is 0 Å². The van der Waals surface area contributed by atoms with Gasteiger partial charge >= 0.3 is 0 Å². The number of allylic oxidation sites excluding steroid dienone is 1. The second kappa shape index (κ2) is 6.56. The van der Waals surface area contributed by atoms with E-state index in [1.54, 1.807) is 42.3 Å². The summed E-state index contributed by atoms with van der Waals surface area (Å²) in [6, 6.07) is 6.58. The zero-order valence-electron chi connectivity index (χ0n) is 12.2. The number of carbonyl (C=O) groups is 1. The van der Waals surface area contributed by atoms with Gasteiger partial charge in [0, 0.05) is 39.0 Å². The molecule has 0 aromatic heterocycles. The largest absolute Gasteiger partial charge is 0.383 e. The Hall–Kier alpha value is -1.82. The monoisotopic (exact) mass is 296 g/mol. The number of nitrogens with zero attached hydrogens (tertiary/aromatic N) is 2. The molecule has 0 radical (unpaired) electrons. The molecular weight excluding hydrogens is 276 g/mol. The van der Waals surface area contributed by atoms with Crippen molar-refractivity contribution in [3.05, 3.63) is 42.1 Å². The summed E-state index contributed by atoms with van der Waals surface area (Å²) in [5.41, 5.74) is 0.940. The van der Waals surface area contributed by atoms with E-state index in [2.05, 4.69) is 0 Å². The van der Waals surface area contributed by atoms with Gasteiger partial charge in [-0.25, -0.2) is 8.42 Å². The van der Waals surface area contributed by atoms with Crippen LogP contribution in [-0.4, -0.2) is 46.0 Å². The fraction of sp³-hybridized carbons (Fsp3) is 0.357. The van der Waals surface area contributed by atoms with Crippen LogP contribution in [-0.2, 0) is 10.0 Å². The van der Waals surface area contributed by atoms with E-state index in [0.717, 1.165) is 0 Å². The number of anilines is 1. The Labute approximate surface area is 120 Å². The molecule has 0 aliphatic heterocycles. The summed E-state index contributed by atoms with van der Waals surface area (Å²) in [7, 11) is 1.80. The van der Waals surface area contributed by atoms with E-state index < -0.39 is 10.0 Å². The van der Waals surface area contributed by atoms with Crippen molar-refractivity contribution in [1.29, 1.82) is 0 Å². The number of ketones is 1. The molecule has 0 fully saturated rings. The summed E-state index contributed by atoms with van der Waals surface area (Å²) in [6.45, 7) is 1.58. The summed E-state index contributed by atoms with van der Waals surface area (Å²) in [5.74, 6) is -0.148. The fourth-order valence-corrected chi connectivity index (χ4v) is 2.34. The van der Waals surface area contributed by atoms with Crippen LogP contribution in [0.2, 0.25) is 0 Å². The van der Waals surface area contributed by atoms with Gasteiger partial charge in [-0.05, 0) is 19.1 Å². The Balaban J connectivity index is 3.06. The summed E-state index contributed by atoms with van der Waals surface area (Å²) in [4.78, 5) is 13.7. The summed E-state index contributed by atoms with van der Waals surface area (Å²) < 4.78 is 24.8. The highest BCUT2D eigenvalue weighted by Crippen LogP contribution is 2.18. The zero-order chi connectivity index (χ0) is 15.3. The molecule has 0 bridgehead atoms. The average Bonchev–Trinajstić information content (AvgIpc) is 2.43. The second-order valence-electron chi connectivity index (χ2n) is 4.56. The summed E-state index contributed by atoms with van der Waals surface area (Å²) >= 11 is 0. The first-order valence-electron chi connectivity index (χ1n) is 6.23. The molecule has 5 nitrogen and oxygen atoms in total. The van der Waals surface area contributed by atoms with Crippen molar-refractivity contribution in [2.45, 2.75) is 6.92 Å². The van der Waals surface area contributed by atoms with Gasteiger partial charge in [-0.2, -0.15) is 0 Å². The zero-order valence-corrected chi connectivity index (χ0v) is 13.0. The maximum atomic E-state index is 12.0. The molecule has 0 spiro atoms. The molecule has 0 aliphatic carbocycles. The average molecular weight is 296 g/mol. The van der Waals surface area contributed by atoms with Crippen LogP contribution in [0, 0.1) is 0 Å². The molecule has 1 rings (SSSR count). The van der Waals surface area contributed by atoms with Crippen LogP contribution in [0.4, 0.5) is 5.69 Å². The predicted octanol–water partition coefficient (Wildman–Crippen LogP) is 1.73. The van der Waals surface area contributed by atoms with Gasteiger partial charge in [-0.3, -0.25) is 9.10 Å². The van der Waals surface area contributed by atoms with Crippen molar-refractivity contribution in [2.24, 2.45) is 0 Å². The Morgan fingerprint density at radius 2 is 1.90 bits per heavy atom. The molecule has 0 atom stereocenters. The van der Waals surface area contributed by atoms with Crippen molar-refractivity contribution in [3.8, 4) is 0 Å². The van der Waals surface area contributed by atoms with Crippen molar-refractivity contribution in [2.75, 3.05) is 31.2 Å². The highest BCUT2D eigenvalue weighted by Gasteiger charge is 2.16. The SMILES string of the molecule is CCS(=O)(=O)N(C)c1cccc(C(=O)/C=C/N(C)C)c1. The lowest BCUT2D eigenvalue weighted by atomic mass is 10.1. The van der Waals surface area contributed by atoms with E-state index in [1.165, 1.54) is 17.4 Å². The van der Waals surface area contributed by atoms with Gasteiger partial charge in [0.1, 0.15) is 0 Å². The lowest BCUT2D eigenvalue weighted by molar-refractivity contribution is 0.104. The Bertz CT molecular complexity index is 607. The van der Waals surface area contributed by atoms with Gasteiger partial charge in [0.05, 0.1) is 11.4 Å². The van der Waals surface area contributed by atoms with E-state index in [1.807, 2.05) is 14.1 Å². The first kappa shape index (κ1) is 16.2. The lowest BCUT2D eigenvalue weighted by Crippen LogP contribution is -2.28. The normalized spacial score (nSPS) is 11.6. The Morgan fingerprint density at radius 3 is 2.45 bits per heavy atom. The third-order valence-electron chi connectivity index (χ3n) is 2.80. The minimum absolute atomic E-state index is 0.0161. The first-order valence-corrected chi connectivity index (χ1v) is 7.84. The smallest absolute Gasteiger partial charge is 0.234 e. The van der Waals surface area contributed by atoms with Crippen LogP contribution in [0.1, 0.15) is 17.3 Å². The number of carbonyl (C=O) groups excluding carboxylic acids is 1. The van der Waals surface area contributed by atoms with E-state index >= 15 is 0 Å². The molecule has 0 amide bonds. The molecule has 20 heavy (non-hydrogen) atoms. The molecule has 6 heteroatoms. The highest BCUT2D eigenvalue weighted by molar-refractivity contribution is 7.92. The quantitative estimate of drug-likeness (QED) is 0.592. The third-order valence-corrected chi connectivity index (χ3v) is 4.58. The maximum absolute atomic E-state index is 12.0. The fourth-order valence-electron chi connectivity index (χ4n) is 1.52. The van der Waals surface area contributed by atoms with Gasteiger partial charge in [0.15, 0.2) is 5.78 Å². The van der Waals surface area contributed by atoms with E-state index in [0.29, 0.717) is 11.3 Å². The standard InChI is InChI=1S/C14H20N2O3S/c1-5-20(18,19)16(4)13-8-6-7-12(11-13)14(17)9-10-15(2)3/h6-11H,5H2,1-4H3/b10-9+. The van der Waals surface area contributed by atoms with Crippen LogP contribution in [0.25, 0.3) is 0 Å². The number of benzene rings is 1. The van der Waals surface area contributed by atoms with Crippen LogP contribution in [0.3, 0.4) is 0 Å². The minimum Gasteiger partial charge on any atom is -0.383 e. The number of hydrogen-bond acceptors (Lipinski definition) is 4. The van der Waals surface area contributed by atoms with Crippen molar-refractivity contribution in [3.63, 3.8) is 0 Å². The molecule has 110 valence electrons. The minimum atomic E-state index is -3.32. The van der Waals surface area contributed by atoms with Gasteiger partial charge in [0.2, 0.25) is 10.0 Å². The molecule has 0 N–H and O–H groups in total. The van der Waals surface area contributed by atoms with Crippen molar-refractivity contribution in [1.82, 2.24) is 4.90 Å². The number of hydrogen-bond donors (Lipinski definition) is 0. The second-order valence-corrected chi connectivity index (χ2v) is 6.85. The molecule has 0 heterocycles. The lowest BCUT2D eigenvalue weighted by Gasteiger charge is -2.18. The van der Waals surface area contributed by atoms with Crippen molar-refractivity contribution < 1.29 is 13.2 Å². The van der Waals surface area contributed by atoms with Crippen LogP contribution < -0.4 is 4.31 Å². The van der Waals surface area contributed by atoms with Gasteiger partial charge in [-0.1, -0.05) is 12.1 Å². The van der Waals surface area contributed by atoms with E-state index in [-0.39, 0.29) is 11.5 Å².